The summed E-state index contributed by atoms with van der Waals surface area (Å²) in [4.78, 5) is 34.7. The first-order valence-corrected chi connectivity index (χ1v) is 12.4. The first-order chi connectivity index (χ1) is 17.5. The third-order valence-corrected chi connectivity index (χ3v) is 7.25. The van der Waals surface area contributed by atoms with E-state index in [1.807, 2.05) is 6.07 Å². The Bertz CT molecular complexity index is 1430. The quantitative estimate of drug-likeness (QED) is 0.300. The highest BCUT2D eigenvalue weighted by molar-refractivity contribution is 7.14. The maximum absolute atomic E-state index is 14.1. The monoisotopic (exact) mass is 519 g/mol. The largest absolute Gasteiger partial charge is 0.508 e. The molecule has 2 aromatic heterocycles. The van der Waals surface area contributed by atoms with Crippen LogP contribution in [0.15, 0.2) is 67.0 Å². The second-order valence-electron chi connectivity index (χ2n) is 9.64. The number of carboxylic acids is 1. The number of aromatic nitrogens is 2. The lowest BCUT2D eigenvalue weighted by molar-refractivity contribution is -0.139. The summed E-state index contributed by atoms with van der Waals surface area (Å²) >= 11 is 1.36. The van der Waals surface area contributed by atoms with Gasteiger partial charge in [0, 0.05) is 46.4 Å². The minimum atomic E-state index is -1.12. The third kappa shape index (κ3) is 6.18. The van der Waals surface area contributed by atoms with E-state index >= 15 is 0 Å². The molecular formula is C28H26FN3O4S. The summed E-state index contributed by atoms with van der Waals surface area (Å²) in [5.74, 6) is -1.85. The molecule has 0 aliphatic heterocycles. The molecule has 9 heteroatoms. The Morgan fingerprint density at radius 3 is 2.24 bits per heavy atom. The van der Waals surface area contributed by atoms with Crippen LogP contribution >= 0.6 is 11.3 Å². The number of rotatable bonds is 7. The van der Waals surface area contributed by atoms with Crippen molar-refractivity contribution in [3.63, 3.8) is 0 Å². The summed E-state index contributed by atoms with van der Waals surface area (Å²) in [5.41, 5.74) is 2.08. The van der Waals surface area contributed by atoms with Crippen molar-refractivity contribution >= 4 is 23.2 Å². The number of phenolic OH excluding ortho intramolecular Hbond substituents is 1. The van der Waals surface area contributed by atoms with E-state index in [0.717, 1.165) is 16.5 Å². The van der Waals surface area contributed by atoms with Crippen LogP contribution in [-0.4, -0.2) is 38.1 Å². The fourth-order valence-corrected chi connectivity index (χ4v) is 4.64. The van der Waals surface area contributed by atoms with Gasteiger partial charge in [0.05, 0.1) is 4.88 Å². The number of halogens is 1. The van der Waals surface area contributed by atoms with Crippen LogP contribution in [0.3, 0.4) is 0 Å². The lowest BCUT2D eigenvalue weighted by Crippen LogP contribution is -2.42. The van der Waals surface area contributed by atoms with Gasteiger partial charge >= 0.3 is 5.97 Å². The van der Waals surface area contributed by atoms with E-state index in [9.17, 15) is 24.2 Å². The highest BCUT2D eigenvalue weighted by Crippen LogP contribution is 2.30. The molecular weight excluding hydrogens is 493 g/mol. The second-order valence-corrected chi connectivity index (χ2v) is 10.7. The van der Waals surface area contributed by atoms with Crippen LogP contribution < -0.4 is 5.32 Å². The zero-order chi connectivity index (χ0) is 26.7. The van der Waals surface area contributed by atoms with Crippen molar-refractivity contribution in [2.75, 3.05) is 0 Å². The van der Waals surface area contributed by atoms with Gasteiger partial charge in [-0.2, -0.15) is 0 Å². The summed E-state index contributed by atoms with van der Waals surface area (Å²) in [5, 5.41) is 21.7. The van der Waals surface area contributed by atoms with Crippen molar-refractivity contribution in [3.8, 4) is 28.3 Å². The molecule has 7 nitrogen and oxygen atoms in total. The van der Waals surface area contributed by atoms with Gasteiger partial charge in [-0.05, 0) is 35.2 Å². The van der Waals surface area contributed by atoms with Gasteiger partial charge in [0.1, 0.15) is 17.6 Å². The zero-order valence-corrected chi connectivity index (χ0v) is 21.3. The molecule has 190 valence electrons. The van der Waals surface area contributed by atoms with Gasteiger partial charge in [0.15, 0.2) is 5.82 Å². The number of hydrogen-bond donors (Lipinski definition) is 3. The summed E-state index contributed by atoms with van der Waals surface area (Å²) in [6, 6.07) is 13.4. The highest BCUT2D eigenvalue weighted by Gasteiger charge is 2.24. The van der Waals surface area contributed by atoms with E-state index in [2.05, 4.69) is 36.1 Å². The van der Waals surface area contributed by atoms with Gasteiger partial charge in [0.25, 0.3) is 5.91 Å². The molecule has 0 saturated heterocycles. The summed E-state index contributed by atoms with van der Waals surface area (Å²) < 4.78 is 14.1. The van der Waals surface area contributed by atoms with Gasteiger partial charge in [-0.3, -0.25) is 4.79 Å². The fourth-order valence-electron chi connectivity index (χ4n) is 3.67. The number of benzene rings is 2. The molecule has 1 atom stereocenters. The fraction of sp³-hybridized carbons (Fsp3) is 0.214. The number of carboxylic acid groups (broad SMARTS) is 1. The predicted molar refractivity (Wildman–Crippen MR) is 140 cm³/mol. The molecule has 0 saturated carbocycles. The minimum Gasteiger partial charge on any atom is -0.508 e. The minimum absolute atomic E-state index is 0.0943. The number of phenols is 1. The van der Waals surface area contributed by atoms with Gasteiger partial charge in [-0.1, -0.05) is 45.0 Å². The number of nitrogens with one attached hydrogen (secondary N) is 1. The third-order valence-electron chi connectivity index (χ3n) is 5.74. The van der Waals surface area contributed by atoms with Crippen molar-refractivity contribution in [1.29, 1.82) is 0 Å². The lowest BCUT2D eigenvalue weighted by atomic mass is 9.95. The second kappa shape index (κ2) is 10.5. The Hall–Kier alpha value is -4.11. The molecule has 0 bridgehead atoms. The van der Waals surface area contributed by atoms with Crippen molar-refractivity contribution in [3.05, 3.63) is 88.1 Å². The smallest absolute Gasteiger partial charge is 0.326 e. The SMILES string of the molecule is CC(C)(C)c1ccc(C(=O)NC(Cc2ccc(-c3ncc(-c4ccc(O)cc4F)cn3)cc2)C(=O)O)s1. The van der Waals surface area contributed by atoms with E-state index in [1.54, 1.807) is 30.3 Å². The van der Waals surface area contributed by atoms with E-state index in [-0.39, 0.29) is 23.1 Å². The molecule has 1 unspecified atom stereocenters. The van der Waals surface area contributed by atoms with E-state index < -0.39 is 23.7 Å². The van der Waals surface area contributed by atoms with Crippen molar-refractivity contribution in [2.24, 2.45) is 0 Å². The first kappa shape index (κ1) is 26.0. The van der Waals surface area contributed by atoms with E-state index in [4.69, 9.17) is 0 Å². The first-order valence-electron chi connectivity index (χ1n) is 11.6. The number of aliphatic carboxylic acids is 1. The molecule has 4 aromatic rings. The normalized spacial score (nSPS) is 12.2. The van der Waals surface area contributed by atoms with E-state index in [0.29, 0.717) is 21.8 Å². The topological polar surface area (TPSA) is 112 Å². The van der Waals surface area contributed by atoms with Crippen molar-refractivity contribution in [2.45, 2.75) is 38.6 Å². The summed E-state index contributed by atoms with van der Waals surface area (Å²) in [7, 11) is 0. The van der Waals surface area contributed by atoms with Crippen molar-refractivity contribution < 1.29 is 24.2 Å². The molecule has 1 amide bonds. The van der Waals surface area contributed by atoms with E-state index in [1.165, 1.54) is 35.9 Å². The molecule has 2 heterocycles. The number of hydrogen-bond acceptors (Lipinski definition) is 6. The van der Waals surface area contributed by atoms with Crippen LogP contribution in [0.2, 0.25) is 0 Å². The molecule has 2 aromatic carbocycles. The maximum Gasteiger partial charge on any atom is 0.326 e. The zero-order valence-electron chi connectivity index (χ0n) is 20.5. The number of amides is 1. The van der Waals surface area contributed by atoms with Crippen LogP contribution in [-0.2, 0) is 16.6 Å². The van der Waals surface area contributed by atoms with Crippen molar-refractivity contribution in [1.82, 2.24) is 15.3 Å². The number of carbonyl (C=O) groups is 2. The Morgan fingerprint density at radius 1 is 1.00 bits per heavy atom. The summed E-state index contributed by atoms with van der Waals surface area (Å²) in [6.07, 6.45) is 3.10. The Balaban J connectivity index is 1.44. The highest BCUT2D eigenvalue weighted by atomic mass is 32.1. The number of aromatic hydroxyl groups is 1. The Morgan fingerprint density at radius 2 is 1.68 bits per heavy atom. The molecule has 37 heavy (non-hydrogen) atoms. The predicted octanol–water partition coefficient (Wildman–Crippen LogP) is 5.44. The molecule has 3 N–H and O–H groups in total. The number of carbonyl (C=O) groups excluding carboxylic acids is 1. The van der Waals surface area contributed by atoms with Gasteiger partial charge < -0.3 is 15.5 Å². The van der Waals surface area contributed by atoms with Gasteiger partial charge in [-0.25, -0.2) is 19.2 Å². The van der Waals surface area contributed by atoms with Crippen LogP contribution in [0, 0.1) is 5.82 Å². The number of thiophene rings is 1. The summed E-state index contributed by atoms with van der Waals surface area (Å²) in [6.45, 7) is 6.16. The standard InChI is InChI=1S/C28H26FN3O4S/c1-28(2,3)24-11-10-23(37-24)26(34)32-22(27(35)36)12-16-4-6-17(7-5-16)25-30-14-18(15-31-25)20-9-8-19(33)13-21(20)29/h4-11,13-15,22,33H,12H2,1-3H3,(H,32,34)(H,35,36). The Kier molecular flexibility index (Phi) is 7.35. The van der Waals surface area contributed by atoms with Crippen LogP contribution in [0.4, 0.5) is 4.39 Å². The Labute approximate surface area is 217 Å². The van der Waals surface area contributed by atoms with Crippen LogP contribution in [0.25, 0.3) is 22.5 Å². The number of nitrogens with zero attached hydrogens (tertiary/aromatic N) is 2. The average molecular weight is 520 g/mol. The average Bonchev–Trinajstić information content (AvgIpc) is 3.36. The molecule has 0 spiro atoms. The molecule has 0 aliphatic carbocycles. The van der Waals surface area contributed by atoms with Gasteiger partial charge in [-0.15, -0.1) is 11.3 Å². The molecule has 0 radical (unpaired) electrons. The molecule has 0 aliphatic rings. The molecule has 0 fully saturated rings. The lowest BCUT2D eigenvalue weighted by Gasteiger charge is -2.16. The van der Waals surface area contributed by atoms with Crippen LogP contribution in [0.5, 0.6) is 5.75 Å². The van der Waals surface area contributed by atoms with Gasteiger partial charge in [0.2, 0.25) is 0 Å². The van der Waals surface area contributed by atoms with Crippen LogP contribution in [0.1, 0.15) is 40.9 Å². The molecule has 4 rings (SSSR count). The maximum atomic E-state index is 14.1.